The predicted molar refractivity (Wildman–Crippen MR) is 60.1 cm³/mol. The van der Waals surface area contributed by atoms with Crippen LogP contribution >= 0.6 is 11.8 Å². The first-order valence-electron chi connectivity index (χ1n) is 4.69. The summed E-state index contributed by atoms with van der Waals surface area (Å²) >= 11 is 1.75. The Labute approximate surface area is 91.3 Å². The number of amides is 1. The van der Waals surface area contributed by atoms with Crippen LogP contribution in [0.3, 0.4) is 0 Å². The topological polar surface area (TPSA) is 44.7 Å². The second kappa shape index (κ2) is 3.27. The maximum absolute atomic E-state index is 11.3. The van der Waals surface area contributed by atoms with Crippen LogP contribution in [-0.4, -0.2) is 24.0 Å². The van der Waals surface area contributed by atoms with Crippen molar-refractivity contribution in [3.63, 3.8) is 0 Å². The standard InChI is InChI=1S/C10H9N3OS/c14-10-5-13-7-3-1-2-4-8(7)15-6-9(13)11-12-10/h1-4H,5-6H2,(H,12,14). The Balaban J connectivity index is 2.09. The van der Waals surface area contributed by atoms with Crippen molar-refractivity contribution in [1.29, 1.82) is 0 Å². The fourth-order valence-corrected chi connectivity index (χ4v) is 2.74. The number of hydrogen-bond acceptors (Lipinski definition) is 4. The van der Waals surface area contributed by atoms with E-state index in [1.54, 1.807) is 11.8 Å². The van der Waals surface area contributed by atoms with Crippen molar-refractivity contribution in [3.8, 4) is 0 Å². The highest BCUT2D eigenvalue weighted by molar-refractivity contribution is 8.00. The minimum atomic E-state index is -0.0551. The zero-order valence-electron chi connectivity index (χ0n) is 7.93. The molecule has 0 fully saturated rings. The molecular weight excluding hydrogens is 210 g/mol. The predicted octanol–water partition coefficient (Wildman–Crippen LogP) is 1.04. The number of rotatable bonds is 0. The lowest BCUT2D eigenvalue weighted by atomic mass is 10.2. The molecule has 0 saturated carbocycles. The molecule has 0 saturated heterocycles. The van der Waals surface area contributed by atoms with E-state index in [0.29, 0.717) is 6.54 Å². The second-order valence-corrected chi connectivity index (χ2v) is 4.42. The summed E-state index contributed by atoms with van der Waals surface area (Å²) in [6.45, 7) is 0.371. The van der Waals surface area contributed by atoms with Gasteiger partial charge in [-0.05, 0) is 12.1 Å². The molecule has 1 amide bonds. The smallest absolute Gasteiger partial charge is 0.260 e. The Kier molecular flexibility index (Phi) is 1.92. The van der Waals surface area contributed by atoms with Crippen LogP contribution in [0.1, 0.15) is 0 Å². The van der Waals surface area contributed by atoms with Crippen molar-refractivity contribution in [2.24, 2.45) is 5.10 Å². The van der Waals surface area contributed by atoms with Crippen LogP contribution in [0.2, 0.25) is 0 Å². The van der Waals surface area contributed by atoms with E-state index in [9.17, 15) is 4.79 Å². The van der Waals surface area contributed by atoms with Gasteiger partial charge in [0.05, 0.1) is 11.4 Å². The van der Waals surface area contributed by atoms with E-state index in [1.807, 2.05) is 23.1 Å². The number of nitrogens with one attached hydrogen (secondary N) is 1. The molecule has 1 N–H and O–H groups in total. The van der Waals surface area contributed by atoms with Crippen LogP contribution in [0, 0.1) is 0 Å². The zero-order chi connectivity index (χ0) is 10.3. The van der Waals surface area contributed by atoms with Crippen LogP contribution in [0.4, 0.5) is 5.69 Å². The molecule has 0 aliphatic carbocycles. The van der Waals surface area contributed by atoms with Crippen LogP contribution in [0.15, 0.2) is 34.3 Å². The number of hydrazone groups is 1. The summed E-state index contributed by atoms with van der Waals surface area (Å²) < 4.78 is 0. The Morgan fingerprint density at radius 1 is 1.40 bits per heavy atom. The van der Waals surface area contributed by atoms with Gasteiger partial charge < -0.3 is 4.90 Å². The van der Waals surface area contributed by atoms with Gasteiger partial charge in [0.2, 0.25) is 0 Å². The molecule has 2 heterocycles. The number of para-hydroxylation sites is 1. The van der Waals surface area contributed by atoms with Gasteiger partial charge >= 0.3 is 0 Å². The largest absolute Gasteiger partial charge is 0.317 e. The van der Waals surface area contributed by atoms with E-state index in [0.717, 1.165) is 17.3 Å². The number of benzene rings is 1. The molecule has 2 aliphatic heterocycles. The van der Waals surface area contributed by atoms with E-state index < -0.39 is 0 Å². The zero-order valence-corrected chi connectivity index (χ0v) is 8.75. The summed E-state index contributed by atoms with van der Waals surface area (Å²) in [6.07, 6.45) is 0. The van der Waals surface area contributed by atoms with Crippen molar-refractivity contribution in [1.82, 2.24) is 5.43 Å². The highest BCUT2D eigenvalue weighted by atomic mass is 32.2. The number of nitrogens with zero attached hydrogens (tertiary/aromatic N) is 2. The number of hydrogen-bond donors (Lipinski definition) is 1. The van der Waals surface area contributed by atoms with Gasteiger partial charge in [-0.25, -0.2) is 5.43 Å². The first kappa shape index (κ1) is 8.79. The first-order valence-corrected chi connectivity index (χ1v) is 5.68. The van der Waals surface area contributed by atoms with E-state index in [4.69, 9.17) is 0 Å². The highest BCUT2D eigenvalue weighted by Crippen LogP contribution is 2.35. The van der Waals surface area contributed by atoms with Gasteiger partial charge in [0.15, 0.2) is 0 Å². The number of anilines is 1. The summed E-state index contributed by atoms with van der Waals surface area (Å²) in [5.41, 5.74) is 3.59. The summed E-state index contributed by atoms with van der Waals surface area (Å²) in [4.78, 5) is 14.5. The summed E-state index contributed by atoms with van der Waals surface area (Å²) in [6, 6.07) is 8.09. The molecular formula is C10H9N3OS. The summed E-state index contributed by atoms with van der Waals surface area (Å²) in [5.74, 6) is 1.69. The van der Waals surface area contributed by atoms with Crippen molar-refractivity contribution in [3.05, 3.63) is 24.3 Å². The summed E-state index contributed by atoms with van der Waals surface area (Å²) in [5, 5.41) is 4.05. The Morgan fingerprint density at radius 3 is 3.20 bits per heavy atom. The van der Waals surface area contributed by atoms with E-state index in [-0.39, 0.29) is 5.91 Å². The molecule has 3 rings (SSSR count). The molecule has 0 bridgehead atoms. The molecule has 1 aromatic rings. The molecule has 4 nitrogen and oxygen atoms in total. The number of carbonyl (C=O) groups is 1. The van der Waals surface area contributed by atoms with Gasteiger partial charge in [-0.15, -0.1) is 11.8 Å². The molecule has 15 heavy (non-hydrogen) atoms. The minimum absolute atomic E-state index is 0.0551. The molecule has 2 aliphatic rings. The number of fused-ring (bicyclic) bond motifs is 3. The Bertz CT molecular complexity index is 458. The normalized spacial score (nSPS) is 18.8. The van der Waals surface area contributed by atoms with Crippen molar-refractivity contribution in [2.45, 2.75) is 4.90 Å². The van der Waals surface area contributed by atoms with E-state index in [1.165, 1.54) is 4.90 Å². The number of carbonyl (C=O) groups excluding carboxylic acids is 1. The third kappa shape index (κ3) is 1.39. The van der Waals surface area contributed by atoms with Gasteiger partial charge in [0.1, 0.15) is 12.4 Å². The van der Waals surface area contributed by atoms with Crippen molar-refractivity contribution < 1.29 is 4.79 Å². The van der Waals surface area contributed by atoms with Gasteiger partial charge in [-0.3, -0.25) is 4.79 Å². The fraction of sp³-hybridized carbons (Fsp3) is 0.200. The lowest BCUT2D eigenvalue weighted by Crippen LogP contribution is -2.47. The average Bonchev–Trinajstić information content (AvgIpc) is 2.29. The first-order chi connectivity index (χ1) is 7.34. The lowest BCUT2D eigenvalue weighted by molar-refractivity contribution is -0.119. The molecule has 0 unspecified atom stereocenters. The number of thioether (sulfide) groups is 1. The van der Waals surface area contributed by atoms with Gasteiger partial charge in [-0.2, -0.15) is 5.10 Å². The SMILES string of the molecule is O=C1CN2C(=NN1)CSc1ccccc12. The average molecular weight is 219 g/mol. The molecule has 0 radical (unpaired) electrons. The molecule has 0 aromatic heterocycles. The Hall–Kier alpha value is -1.49. The summed E-state index contributed by atoms with van der Waals surface area (Å²) in [7, 11) is 0. The molecule has 1 aromatic carbocycles. The molecule has 76 valence electrons. The fourth-order valence-electron chi connectivity index (χ4n) is 1.74. The van der Waals surface area contributed by atoms with Crippen LogP contribution in [0.25, 0.3) is 0 Å². The van der Waals surface area contributed by atoms with E-state index in [2.05, 4.69) is 16.6 Å². The Morgan fingerprint density at radius 2 is 2.27 bits per heavy atom. The van der Waals surface area contributed by atoms with Crippen LogP contribution in [0.5, 0.6) is 0 Å². The molecule has 0 spiro atoms. The quantitative estimate of drug-likeness (QED) is 0.709. The third-order valence-corrected chi connectivity index (χ3v) is 3.49. The maximum atomic E-state index is 11.3. The third-order valence-electron chi connectivity index (χ3n) is 2.44. The van der Waals surface area contributed by atoms with Crippen molar-refractivity contribution in [2.75, 3.05) is 17.2 Å². The van der Waals surface area contributed by atoms with Crippen LogP contribution in [-0.2, 0) is 4.79 Å². The van der Waals surface area contributed by atoms with Gasteiger partial charge in [-0.1, -0.05) is 12.1 Å². The van der Waals surface area contributed by atoms with E-state index >= 15 is 0 Å². The lowest BCUT2D eigenvalue weighted by Gasteiger charge is -2.33. The van der Waals surface area contributed by atoms with Gasteiger partial charge in [0, 0.05) is 4.90 Å². The number of amidine groups is 1. The maximum Gasteiger partial charge on any atom is 0.260 e. The second-order valence-electron chi connectivity index (χ2n) is 3.41. The molecule has 0 atom stereocenters. The monoisotopic (exact) mass is 219 g/mol. The van der Waals surface area contributed by atoms with Crippen LogP contribution < -0.4 is 10.3 Å². The molecule has 5 heteroatoms. The minimum Gasteiger partial charge on any atom is -0.317 e. The van der Waals surface area contributed by atoms with Gasteiger partial charge in [0.25, 0.3) is 5.91 Å². The highest BCUT2D eigenvalue weighted by Gasteiger charge is 2.27. The van der Waals surface area contributed by atoms with Crippen molar-refractivity contribution >= 4 is 29.2 Å².